The molecule has 0 spiro atoms. The van der Waals surface area contributed by atoms with Crippen molar-refractivity contribution in [2.45, 2.75) is 148 Å². The minimum atomic E-state index is -2.39. The van der Waals surface area contributed by atoms with Gasteiger partial charge in [-0.15, -0.1) is 0 Å². The van der Waals surface area contributed by atoms with Crippen LogP contribution in [0.2, 0.25) is 54.4 Å². The van der Waals surface area contributed by atoms with Crippen LogP contribution in [0.15, 0.2) is 46.1 Å². The Hall–Kier alpha value is -1.61. The van der Waals surface area contributed by atoms with Crippen molar-refractivity contribution in [3.05, 3.63) is 68.5 Å². The Morgan fingerprint density at radius 2 is 1.24 bits per heavy atom. The van der Waals surface area contributed by atoms with Gasteiger partial charge in [-0.05, 0) is 60.0 Å². The van der Waals surface area contributed by atoms with E-state index in [1.54, 1.807) is 10.8 Å². The van der Waals surface area contributed by atoms with Crippen LogP contribution >= 0.6 is 0 Å². The van der Waals surface area contributed by atoms with E-state index in [9.17, 15) is 9.59 Å². The second-order valence-corrected chi connectivity index (χ2v) is 31.6. The summed E-state index contributed by atoms with van der Waals surface area (Å²) >= 11 is 0. The number of nitrogens with zero attached hydrogens (tertiary/aromatic N) is 1. The van der Waals surface area contributed by atoms with Crippen molar-refractivity contribution in [1.29, 1.82) is 0 Å². The third kappa shape index (κ3) is 8.65. The second kappa shape index (κ2) is 13.1. The topological polar surface area (TPSA) is 91.8 Å². The molecule has 1 aromatic heterocycles. The molecule has 0 aliphatic carbocycles. The van der Waals surface area contributed by atoms with Gasteiger partial charge < -0.3 is 18.0 Å². The number of aromatic nitrogens is 2. The third-order valence-electron chi connectivity index (χ3n) is 10.7. The van der Waals surface area contributed by atoms with Gasteiger partial charge in [0.05, 0.1) is 18.7 Å². The predicted molar refractivity (Wildman–Crippen MR) is 192 cm³/mol. The monoisotopic (exact) mass is 676 g/mol. The van der Waals surface area contributed by atoms with Crippen molar-refractivity contribution in [3.63, 3.8) is 0 Å². The molecule has 1 saturated heterocycles. The molecule has 1 N–H and O–H groups in total. The van der Waals surface area contributed by atoms with Crippen molar-refractivity contribution in [1.82, 2.24) is 9.55 Å². The number of benzene rings is 1. The number of hydrogen-bond donors (Lipinski definition) is 1. The molecule has 1 aliphatic heterocycles. The highest BCUT2D eigenvalue weighted by atomic mass is 28.4. The van der Waals surface area contributed by atoms with E-state index in [1.165, 1.54) is 0 Å². The highest BCUT2D eigenvalue weighted by Crippen LogP contribution is 2.47. The van der Waals surface area contributed by atoms with Crippen molar-refractivity contribution in [2.24, 2.45) is 0 Å². The fourth-order valence-corrected chi connectivity index (χ4v) is 8.18. The van der Waals surface area contributed by atoms with Gasteiger partial charge in [-0.3, -0.25) is 14.3 Å². The van der Waals surface area contributed by atoms with E-state index in [0.717, 1.165) is 5.56 Å². The molecule has 4 atom stereocenters. The van der Waals surface area contributed by atoms with Gasteiger partial charge in [0.25, 0.3) is 5.56 Å². The second-order valence-electron chi connectivity index (χ2n) is 17.3. The Morgan fingerprint density at radius 3 is 1.73 bits per heavy atom. The van der Waals surface area contributed by atoms with Crippen molar-refractivity contribution < 1.29 is 18.0 Å². The maximum atomic E-state index is 13.6. The summed E-state index contributed by atoms with van der Waals surface area (Å²) in [5.41, 5.74) is 0.404. The number of hydrogen-bond acceptors (Lipinski definition) is 6. The summed E-state index contributed by atoms with van der Waals surface area (Å²) in [6.07, 6.45) is -0.558. The van der Waals surface area contributed by atoms with Crippen molar-refractivity contribution >= 4 is 25.0 Å². The average molecular weight is 677 g/mol. The molecule has 2 heterocycles. The summed E-state index contributed by atoms with van der Waals surface area (Å²) in [5.74, 6) is 0. The summed E-state index contributed by atoms with van der Waals surface area (Å²) in [7, 11) is -6.86. The zero-order chi connectivity index (χ0) is 34.4. The minimum absolute atomic E-state index is 0.0158. The van der Waals surface area contributed by atoms with E-state index in [1.807, 2.05) is 30.3 Å². The van der Waals surface area contributed by atoms with Crippen LogP contribution in [-0.4, -0.2) is 59.4 Å². The Labute approximate surface area is 274 Å². The summed E-state index contributed by atoms with van der Waals surface area (Å²) in [5, 5.41) is -0.132. The van der Waals surface area contributed by atoms with Crippen LogP contribution in [-0.2, 0) is 24.6 Å². The van der Waals surface area contributed by atoms with Crippen LogP contribution in [0.5, 0.6) is 0 Å². The fraction of sp³-hybridized carbons (Fsp3) is 0.706. The van der Waals surface area contributed by atoms with Gasteiger partial charge >= 0.3 is 5.69 Å². The summed E-state index contributed by atoms with van der Waals surface area (Å²) in [6, 6.07) is 9.74. The summed E-state index contributed by atoms with van der Waals surface area (Å²) < 4.78 is 29.6. The molecule has 0 bridgehead atoms. The Balaban J connectivity index is 2.19. The normalized spacial score (nSPS) is 22.2. The molecule has 0 saturated carbocycles. The first-order chi connectivity index (χ1) is 20.3. The molecule has 1 fully saturated rings. The molecule has 8 nitrogen and oxygen atoms in total. The van der Waals surface area contributed by atoms with Gasteiger partial charge in [0, 0.05) is 6.20 Å². The zero-order valence-corrected chi connectivity index (χ0v) is 33.6. The minimum Gasteiger partial charge on any atom is -0.414 e. The Bertz CT molecular complexity index is 1410. The molecule has 2 aromatic rings. The van der Waals surface area contributed by atoms with Gasteiger partial charge in [0.15, 0.2) is 25.0 Å². The first kappa shape index (κ1) is 37.8. The van der Waals surface area contributed by atoms with Gasteiger partial charge in [-0.25, -0.2) is 4.79 Å². The molecular formula is C34H60N2O6Si3. The van der Waals surface area contributed by atoms with Crippen molar-refractivity contribution in [2.75, 3.05) is 6.61 Å². The number of rotatable bonds is 10. The molecular weight excluding hydrogens is 617 g/mol. The fourth-order valence-electron chi connectivity index (χ4n) is 4.55. The lowest BCUT2D eigenvalue weighted by Gasteiger charge is -2.44. The smallest absolute Gasteiger partial charge is 0.328 e. The number of aromatic amines is 1. The maximum absolute atomic E-state index is 13.6. The highest BCUT2D eigenvalue weighted by Gasteiger charge is 2.55. The number of ether oxygens (including phenoxy) is 1. The maximum Gasteiger partial charge on any atom is 0.328 e. The van der Waals surface area contributed by atoms with Gasteiger partial charge in [0.1, 0.15) is 24.4 Å². The molecule has 45 heavy (non-hydrogen) atoms. The van der Waals surface area contributed by atoms with E-state index < -0.39 is 60.6 Å². The first-order valence-electron chi connectivity index (χ1n) is 16.3. The lowest BCUT2D eigenvalue weighted by atomic mass is 10.0. The summed E-state index contributed by atoms with van der Waals surface area (Å²) in [4.78, 5) is 29.2. The molecule has 0 amide bonds. The van der Waals surface area contributed by atoms with Crippen LogP contribution in [0.1, 0.15) is 79.5 Å². The first-order valence-corrected chi connectivity index (χ1v) is 25.0. The highest BCUT2D eigenvalue weighted by molar-refractivity contribution is 6.75. The Morgan fingerprint density at radius 1 is 0.756 bits per heavy atom. The lowest BCUT2D eigenvalue weighted by molar-refractivity contribution is -0.0179. The van der Waals surface area contributed by atoms with Crippen LogP contribution in [0.3, 0.4) is 0 Å². The average Bonchev–Trinajstić information content (AvgIpc) is 3.18. The molecule has 11 heteroatoms. The van der Waals surface area contributed by atoms with Crippen LogP contribution in [0, 0.1) is 0 Å². The Kier molecular flexibility index (Phi) is 11.0. The van der Waals surface area contributed by atoms with E-state index in [2.05, 4.69) is 107 Å². The number of H-pyrrole nitrogens is 1. The molecule has 0 unspecified atom stereocenters. The predicted octanol–water partition coefficient (Wildman–Crippen LogP) is 7.83. The third-order valence-corrected chi connectivity index (χ3v) is 24.2. The van der Waals surface area contributed by atoms with Crippen molar-refractivity contribution in [3.8, 4) is 0 Å². The van der Waals surface area contributed by atoms with Gasteiger partial charge in [0.2, 0.25) is 0 Å². The van der Waals surface area contributed by atoms with Crippen LogP contribution in [0.4, 0.5) is 0 Å². The molecule has 1 aliphatic rings. The lowest BCUT2D eigenvalue weighted by Crippen LogP contribution is -2.54. The molecule has 254 valence electrons. The van der Waals surface area contributed by atoms with E-state index in [0.29, 0.717) is 18.7 Å². The van der Waals surface area contributed by atoms with Crippen LogP contribution < -0.4 is 11.2 Å². The summed E-state index contributed by atoms with van der Waals surface area (Å²) in [6.45, 7) is 34.0. The molecule has 0 radical (unpaired) electrons. The van der Waals surface area contributed by atoms with E-state index >= 15 is 0 Å². The van der Waals surface area contributed by atoms with E-state index in [4.69, 9.17) is 18.0 Å². The van der Waals surface area contributed by atoms with Gasteiger partial charge in [-0.1, -0.05) is 92.6 Å². The van der Waals surface area contributed by atoms with Crippen LogP contribution in [0.25, 0.3) is 0 Å². The van der Waals surface area contributed by atoms with Gasteiger partial charge in [-0.2, -0.15) is 0 Å². The standard InChI is InChI=1S/C34H60N2O6Si3/c1-32(2,3)43(10,11)39-23-26-28(41-44(12,13)33(4,5)6)29(42-45(14,15)34(7,8)9)27(40-26)25-22-36(31(38)35-30(25)37)21-24-19-17-16-18-20-24/h16-20,22,26-29H,21,23H2,1-15H3,(H,35,37,38)/t26-,27+,28-,29+/m1/s1. The molecule has 3 rings (SSSR count). The van der Waals surface area contributed by atoms with E-state index in [-0.39, 0.29) is 15.1 Å². The zero-order valence-electron chi connectivity index (χ0n) is 30.6. The largest absolute Gasteiger partial charge is 0.414 e. The quantitative estimate of drug-likeness (QED) is 0.258. The molecule has 1 aromatic carbocycles. The number of nitrogens with one attached hydrogen (secondary N) is 1. The SMILES string of the molecule is CC(C)(C)[Si](C)(C)OC[C@H]1O[C@@H](c2cn(Cc3ccccc3)c(=O)[nH]c2=O)[C@H](O[Si](C)(C)C(C)(C)C)[C@@H]1O[Si](C)(C)C(C)(C)C.